The van der Waals surface area contributed by atoms with Crippen molar-refractivity contribution < 1.29 is 9.53 Å². The Morgan fingerprint density at radius 3 is 2.50 bits per heavy atom. The highest BCUT2D eigenvalue weighted by Crippen LogP contribution is 2.18. The molecule has 0 spiro atoms. The van der Waals surface area contributed by atoms with Crippen LogP contribution in [-0.2, 0) is 0 Å². The number of rotatable bonds is 4. The van der Waals surface area contributed by atoms with Crippen LogP contribution in [0.25, 0.3) is 0 Å². The van der Waals surface area contributed by atoms with Crippen LogP contribution in [-0.4, -0.2) is 13.0 Å². The van der Waals surface area contributed by atoms with Crippen LogP contribution in [0, 0.1) is 0 Å². The third kappa shape index (κ3) is 3.52. The van der Waals surface area contributed by atoms with Crippen molar-refractivity contribution in [3.63, 3.8) is 0 Å². The largest absolute Gasteiger partial charge is 0.497 e. The second-order valence-corrected chi connectivity index (χ2v) is 4.92. The Morgan fingerprint density at radius 2 is 1.90 bits per heavy atom. The molecule has 0 aliphatic rings. The van der Waals surface area contributed by atoms with Crippen LogP contribution in [0.1, 0.15) is 28.9 Å². The van der Waals surface area contributed by atoms with Gasteiger partial charge in [0.05, 0.1) is 13.2 Å². The minimum absolute atomic E-state index is 0.0904. The van der Waals surface area contributed by atoms with Gasteiger partial charge in [0, 0.05) is 10.6 Å². The maximum absolute atomic E-state index is 12.1. The monoisotopic (exact) mass is 289 g/mol. The Labute approximate surface area is 123 Å². The summed E-state index contributed by atoms with van der Waals surface area (Å²) in [5, 5.41) is 3.49. The first-order valence-corrected chi connectivity index (χ1v) is 6.68. The molecule has 0 saturated heterocycles. The highest BCUT2D eigenvalue weighted by Gasteiger charge is 2.11. The fraction of sp³-hybridized carbons (Fsp3) is 0.188. The molecule has 0 aromatic heterocycles. The quantitative estimate of drug-likeness (QED) is 0.929. The van der Waals surface area contributed by atoms with Crippen LogP contribution < -0.4 is 10.1 Å². The second-order valence-electron chi connectivity index (χ2n) is 4.48. The van der Waals surface area contributed by atoms with Crippen LogP contribution in [0.15, 0.2) is 48.5 Å². The summed E-state index contributed by atoms with van der Waals surface area (Å²) >= 11 is 5.88. The van der Waals surface area contributed by atoms with Crippen molar-refractivity contribution in [1.29, 1.82) is 0 Å². The van der Waals surface area contributed by atoms with Gasteiger partial charge in [0.1, 0.15) is 5.75 Å². The van der Waals surface area contributed by atoms with Crippen molar-refractivity contribution in [2.45, 2.75) is 13.0 Å². The molecule has 0 saturated carbocycles. The molecule has 3 nitrogen and oxygen atoms in total. The van der Waals surface area contributed by atoms with Gasteiger partial charge < -0.3 is 10.1 Å². The van der Waals surface area contributed by atoms with Gasteiger partial charge in [-0.2, -0.15) is 0 Å². The predicted octanol–water partition coefficient (Wildman–Crippen LogP) is 3.84. The smallest absolute Gasteiger partial charge is 0.251 e. The molecule has 2 aromatic carbocycles. The number of ether oxygens (including phenoxy) is 1. The molecule has 1 unspecified atom stereocenters. The molecule has 0 bridgehead atoms. The minimum atomic E-state index is -0.143. The third-order valence-corrected chi connectivity index (χ3v) is 3.29. The van der Waals surface area contributed by atoms with E-state index in [1.807, 2.05) is 31.2 Å². The van der Waals surface area contributed by atoms with Gasteiger partial charge in [0.15, 0.2) is 0 Å². The molecule has 104 valence electrons. The van der Waals surface area contributed by atoms with Crippen LogP contribution >= 0.6 is 11.6 Å². The Hall–Kier alpha value is -2.00. The first-order chi connectivity index (χ1) is 9.60. The SMILES string of the molecule is COc1ccc(C(C)NC(=O)c2cccc(Cl)c2)cc1. The number of methoxy groups -OCH3 is 1. The van der Waals surface area contributed by atoms with E-state index in [0.29, 0.717) is 10.6 Å². The highest BCUT2D eigenvalue weighted by molar-refractivity contribution is 6.30. The number of hydrogen-bond donors (Lipinski definition) is 1. The van der Waals surface area contributed by atoms with E-state index in [-0.39, 0.29) is 11.9 Å². The molecule has 1 N–H and O–H groups in total. The number of carbonyl (C=O) groups is 1. The van der Waals surface area contributed by atoms with Gasteiger partial charge in [-0.05, 0) is 42.8 Å². The summed E-state index contributed by atoms with van der Waals surface area (Å²) in [5.41, 5.74) is 1.57. The van der Waals surface area contributed by atoms with Crippen molar-refractivity contribution in [1.82, 2.24) is 5.32 Å². The minimum Gasteiger partial charge on any atom is -0.497 e. The first-order valence-electron chi connectivity index (χ1n) is 6.30. The fourth-order valence-corrected chi connectivity index (χ4v) is 2.08. The Bertz CT molecular complexity index is 596. The summed E-state index contributed by atoms with van der Waals surface area (Å²) in [7, 11) is 1.62. The maximum atomic E-state index is 12.1. The highest BCUT2D eigenvalue weighted by atomic mass is 35.5. The van der Waals surface area contributed by atoms with Gasteiger partial charge in [-0.25, -0.2) is 0 Å². The Morgan fingerprint density at radius 1 is 1.20 bits per heavy atom. The summed E-state index contributed by atoms with van der Waals surface area (Å²) in [6, 6.07) is 14.4. The summed E-state index contributed by atoms with van der Waals surface area (Å²) in [4.78, 5) is 12.1. The Balaban J connectivity index is 2.06. The number of carbonyl (C=O) groups excluding carboxylic acids is 1. The molecule has 0 aliphatic heterocycles. The van der Waals surface area contributed by atoms with Gasteiger partial charge in [0.2, 0.25) is 0 Å². The molecule has 0 aliphatic carbocycles. The van der Waals surface area contributed by atoms with E-state index in [2.05, 4.69) is 5.32 Å². The molecule has 0 heterocycles. The third-order valence-electron chi connectivity index (χ3n) is 3.05. The molecule has 20 heavy (non-hydrogen) atoms. The van der Waals surface area contributed by atoms with Gasteiger partial charge in [0.25, 0.3) is 5.91 Å². The van der Waals surface area contributed by atoms with Gasteiger partial charge in [-0.1, -0.05) is 29.8 Å². The number of benzene rings is 2. The molecular formula is C16H16ClNO2. The van der Waals surface area contributed by atoms with Crippen molar-refractivity contribution >= 4 is 17.5 Å². The summed E-state index contributed by atoms with van der Waals surface area (Å²) in [5.74, 6) is 0.651. The van der Waals surface area contributed by atoms with E-state index in [4.69, 9.17) is 16.3 Å². The van der Waals surface area contributed by atoms with Gasteiger partial charge in [-0.3, -0.25) is 4.79 Å². The van der Waals surface area contributed by atoms with Crippen LogP contribution in [0.2, 0.25) is 5.02 Å². The topological polar surface area (TPSA) is 38.3 Å². The van der Waals surface area contributed by atoms with E-state index in [1.165, 1.54) is 0 Å². The van der Waals surface area contributed by atoms with Crippen molar-refractivity contribution in [3.8, 4) is 5.75 Å². The van der Waals surface area contributed by atoms with Gasteiger partial charge in [-0.15, -0.1) is 0 Å². The first kappa shape index (κ1) is 14.4. The zero-order valence-electron chi connectivity index (χ0n) is 11.4. The summed E-state index contributed by atoms with van der Waals surface area (Å²) in [6.45, 7) is 1.93. The molecule has 2 rings (SSSR count). The lowest BCUT2D eigenvalue weighted by Gasteiger charge is -2.15. The average molecular weight is 290 g/mol. The van der Waals surface area contributed by atoms with Crippen molar-refractivity contribution in [2.75, 3.05) is 7.11 Å². The summed E-state index contributed by atoms with van der Waals surface area (Å²) < 4.78 is 5.11. The maximum Gasteiger partial charge on any atom is 0.251 e. The van der Waals surface area contributed by atoms with Crippen molar-refractivity contribution in [2.24, 2.45) is 0 Å². The number of amides is 1. The fourth-order valence-electron chi connectivity index (χ4n) is 1.89. The zero-order valence-corrected chi connectivity index (χ0v) is 12.1. The molecule has 0 fully saturated rings. The number of halogens is 1. The number of nitrogens with one attached hydrogen (secondary N) is 1. The molecule has 1 amide bonds. The van der Waals surface area contributed by atoms with Crippen LogP contribution in [0.4, 0.5) is 0 Å². The van der Waals surface area contributed by atoms with E-state index in [0.717, 1.165) is 11.3 Å². The van der Waals surface area contributed by atoms with E-state index in [9.17, 15) is 4.79 Å². The van der Waals surface area contributed by atoms with E-state index < -0.39 is 0 Å². The van der Waals surface area contributed by atoms with Crippen molar-refractivity contribution in [3.05, 3.63) is 64.7 Å². The number of hydrogen-bond acceptors (Lipinski definition) is 2. The lowest BCUT2D eigenvalue weighted by Crippen LogP contribution is -2.26. The van der Waals surface area contributed by atoms with Crippen LogP contribution in [0.3, 0.4) is 0 Å². The standard InChI is InChI=1S/C16H16ClNO2/c1-11(12-6-8-15(20-2)9-7-12)18-16(19)13-4-3-5-14(17)10-13/h3-11H,1-2H3,(H,18,19). The molecule has 0 radical (unpaired) electrons. The lowest BCUT2D eigenvalue weighted by atomic mass is 10.1. The molecule has 4 heteroatoms. The normalized spacial score (nSPS) is 11.8. The molecule has 2 aromatic rings. The van der Waals surface area contributed by atoms with Gasteiger partial charge >= 0.3 is 0 Å². The van der Waals surface area contributed by atoms with E-state index >= 15 is 0 Å². The lowest BCUT2D eigenvalue weighted by molar-refractivity contribution is 0.0940. The summed E-state index contributed by atoms with van der Waals surface area (Å²) in [6.07, 6.45) is 0. The molecular weight excluding hydrogens is 274 g/mol. The second kappa shape index (κ2) is 6.44. The van der Waals surface area contributed by atoms with Crippen LogP contribution in [0.5, 0.6) is 5.75 Å². The zero-order chi connectivity index (χ0) is 14.5. The Kier molecular flexibility index (Phi) is 4.64. The van der Waals surface area contributed by atoms with E-state index in [1.54, 1.807) is 31.4 Å². The predicted molar refractivity (Wildman–Crippen MR) is 80.3 cm³/mol. The average Bonchev–Trinajstić information content (AvgIpc) is 2.47. The molecule has 1 atom stereocenters.